The van der Waals surface area contributed by atoms with Gasteiger partial charge in [0.2, 0.25) is 12.4 Å². The van der Waals surface area contributed by atoms with Gasteiger partial charge in [-0.25, -0.2) is 8.78 Å². The van der Waals surface area contributed by atoms with Crippen LogP contribution in [0.1, 0.15) is 0 Å². The normalized spacial score (nSPS) is 12.6. The maximum atomic E-state index is 13.5. The zero-order chi connectivity index (χ0) is 26.7. The lowest BCUT2D eigenvalue weighted by Gasteiger charge is -2.03. The quantitative estimate of drug-likeness (QED) is 0.218. The highest BCUT2D eigenvalue weighted by atomic mass is 32.1. The second kappa shape index (κ2) is 8.66. The van der Waals surface area contributed by atoms with Gasteiger partial charge in [-0.05, 0) is 69.4 Å². The van der Waals surface area contributed by atoms with Gasteiger partial charge in [-0.3, -0.25) is 0 Å². The Hall–Kier alpha value is -5.24. The molecule has 0 aliphatic heterocycles. The summed E-state index contributed by atoms with van der Waals surface area (Å²) in [6, 6.07) is 24.5. The molecule has 0 amide bonds. The highest BCUT2D eigenvalue weighted by Gasteiger charge is 2.21. The minimum absolute atomic E-state index is 0.305. The van der Waals surface area contributed by atoms with E-state index < -0.39 is 0 Å². The van der Waals surface area contributed by atoms with Crippen LogP contribution in [0.15, 0.2) is 94.9 Å². The molecule has 0 unspecified atom stereocenters. The average molecular weight is 525 g/mol. The van der Waals surface area contributed by atoms with Crippen LogP contribution in [0.3, 0.4) is 0 Å². The fraction of sp³-hybridized carbons (Fsp3) is 0. The number of benzene rings is 4. The summed E-state index contributed by atoms with van der Waals surface area (Å²) in [7, 11) is 0. The maximum Gasteiger partial charge on any atom is 0.206 e. The first kappa shape index (κ1) is 22.9. The Balaban J connectivity index is 1.57. The summed E-state index contributed by atoms with van der Waals surface area (Å²) >= 11 is 1.46. The van der Waals surface area contributed by atoms with Gasteiger partial charge in [0, 0.05) is 21.5 Å². The molecule has 1 heterocycles. The lowest BCUT2D eigenvalue weighted by Crippen LogP contribution is -1.98. The highest BCUT2D eigenvalue weighted by Crippen LogP contribution is 2.42. The smallest absolute Gasteiger partial charge is 0.206 e. The second-order valence-corrected chi connectivity index (χ2v) is 10.2. The van der Waals surface area contributed by atoms with Crippen molar-refractivity contribution in [3.8, 4) is 34.6 Å². The van der Waals surface area contributed by atoms with Gasteiger partial charge in [0.15, 0.2) is 0 Å². The summed E-state index contributed by atoms with van der Waals surface area (Å²) < 4.78 is 28.7. The van der Waals surface area contributed by atoms with E-state index in [0.717, 1.165) is 64.0 Å². The van der Waals surface area contributed by atoms with E-state index >= 15 is 0 Å². The third kappa shape index (κ3) is 3.45. The third-order valence-corrected chi connectivity index (χ3v) is 8.31. The fourth-order valence-corrected chi connectivity index (χ4v) is 6.74. The minimum Gasteiger partial charge on any atom is -0.207 e. The molecular weight excluding hydrogens is 510 g/mol. The van der Waals surface area contributed by atoms with Gasteiger partial charge in [-0.1, -0.05) is 48.5 Å². The van der Waals surface area contributed by atoms with Crippen molar-refractivity contribution in [1.82, 2.24) is 0 Å². The topological polar surface area (TPSA) is 72.3 Å². The van der Waals surface area contributed by atoms with Crippen molar-refractivity contribution in [2.45, 2.75) is 0 Å². The van der Waals surface area contributed by atoms with E-state index in [4.69, 9.17) is 0 Å². The van der Waals surface area contributed by atoms with Gasteiger partial charge in [0.05, 0.1) is 9.40 Å². The fourth-order valence-electron chi connectivity index (χ4n) is 5.41. The summed E-state index contributed by atoms with van der Waals surface area (Å²) in [4.78, 5) is 8.39. The molecule has 6 aromatic carbocycles. The van der Waals surface area contributed by atoms with Crippen LogP contribution in [0.2, 0.25) is 0 Å². The predicted molar refractivity (Wildman–Crippen MR) is 150 cm³/mol. The number of nitrogens with zero attached hydrogens (tertiary/aromatic N) is 4. The zero-order valence-corrected chi connectivity index (χ0v) is 20.9. The first-order valence-corrected chi connectivity index (χ1v) is 12.8. The molecule has 0 radical (unpaired) electrons. The van der Waals surface area contributed by atoms with E-state index in [1.165, 1.54) is 35.6 Å². The number of rotatable bonds is 2. The summed E-state index contributed by atoms with van der Waals surface area (Å²) in [5.74, 6) is -0.610. The van der Waals surface area contributed by atoms with E-state index in [2.05, 4.69) is 9.98 Å². The lowest BCUT2D eigenvalue weighted by molar-refractivity contribution is 0.627. The van der Waals surface area contributed by atoms with Gasteiger partial charge >= 0.3 is 0 Å². The molecule has 7 heteroatoms. The van der Waals surface area contributed by atoms with E-state index in [-0.39, 0.29) is 11.6 Å². The molecule has 0 aliphatic rings. The van der Waals surface area contributed by atoms with Crippen molar-refractivity contribution in [3.05, 3.63) is 107 Å². The van der Waals surface area contributed by atoms with Gasteiger partial charge in [0.25, 0.3) is 0 Å². The minimum atomic E-state index is -0.305. The van der Waals surface area contributed by atoms with E-state index in [1.807, 2.05) is 48.8 Å². The number of hydrogen-bond donors (Lipinski definition) is 0. The first-order valence-electron chi connectivity index (χ1n) is 12.0. The Bertz CT molecular complexity index is 2140. The molecule has 0 spiro atoms. The van der Waals surface area contributed by atoms with Crippen LogP contribution < -0.4 is 10.7 Å². The van der Waals surface area contributed by atoms with Crippen LogP contribution in [0.5, 0.6) is 0 Å². The molecule has 0 saturated heterocycles. The Morgan fingerprint density at radius 3 is 1.28 bits per heavy atom. The number of halogens is 2. The molecule has 7 rings (SSSR count). The van der Waals surface area contributed by atoms with Crippen molar-refractivity contribution in [3.63, 3.8) is 0 Å². The van der Waals surface area contributed by atoms with Crippen molar-refractivity contribution in [1.29, 1.82) is 10.5 Å². The summed E-state index contributed by atoms with van der Waals surface area (Å²) in [6.45, 7) is 0. The van der Waals surface area contributed by atoms with Crippen LogP contribution in [-0.4, -0.2) is 0 Å². The molecule has 0 aliphatic carbocycles. The monoisotopic (exact) mass is 524 g/mol. The Morgan fingerprint density at radius 2 is 0.897 bits per heavy atom. The molecule has 39 heavy (non-hydrogen) atoms. The average Bonchev–Trinajstić information content (AvgIpc) is 3.57. The maximum absolute atomic E-state index is 13.5. The van der Waals surface area contributed by atoms with Gasteiger partial charge in [-0.2, -0.15) is 20.5 Å². The lowest BCUT2D eigenvalue weighted by atomic mass is 10.0. The Kier molecular flexibility index (Phi) is 5.09. The molecule has 7 aromatic rings. The van der Waals surface area contributed by atoms with Crippen molar-refractivity contribution in [2.24, 2.45) is 9.98 Å². The molecule has 0 atom stereocenters. The van der Waals surface area contributed by atoms with Gasteiger partial charge in [0.1, 0.15) is 22.3 Å². The van der Waals surface area contributed by atoms with Crippen LogP contribution in [0.4, 0.5) is 8.78 Å². The van der Waals surface area contributed by atoms with Crippen LogP contribution >= 0.6 is 11.3 Å². The molecule has 0 bridgehead atoms. The van der Waals surface area contributed by atoms with Gasteiger partial charge in [-0.15, -0.1) is 11.3 Å². The molecule has 1 aromatic heterocycles. The van der Waals surface area contributed by atoms with Crippen molar-refractivity contribution >= 4 is 53.1 Å². The molecule has 0 saturated carbocycles. The Labute approximate surface area is 224 Å². The van der Waals surface area contributed by atoms with Crippen LogP contribution in [-0.2, 0) is 0 Å². The molecule has 0 N–H and O–H groups in total. The molecular formula is C32H14F2N4S. The van der Waals surface area contributed by atoms with E-state index in [0.29, 0.717) is 10.7 Å². The first-order chi connectivity index (χ1) is 19.1. The van der Waals surface area contributed by atoms with Crippen LogP contribution in [0, 0.1) is 34.5 Å². The second-order valence-electron chi connectivity index (χ2n) is 9.17. The number of fused-ring (bicyclic) bond motifs is 7. The standard InChI is InChI=1S/C32H14F2N4S/c33-21-7-1-17(2-8-21)19-5-11-23-25(13-19)29(37-15-35)31-27(23)28-24-12-6-20(18-3-9-22(34)10-4-18)14-26(24)30(38-16-36)32(28)39-31/h1-14H/b37-29-,38-30+. The van der Waals surface area contributed by atoms with Gasteiger partial charge < -0.3 is 0 Å². The molecule has 4 nitrogen and oxygen atoms in total. The predicted octanol–water partition coefficient (Wildman–Crippen LogP) is 7.61. The Morgan fingerprint density at radius 1 is 0.513 bits per heavy atom. The third-order valence-electron chi connectivity index (χ3n) is 7.11. The number of thiophene rings is 1. The van der Waals surface area contributed by atoms with Crippen molar-refractivity contribution in [2.75, 3.05) is 0 Å². The van der Waals surface area contributed by atoms with Crippen LogP contribution in [0.25, 0.3) is 64.0 Å². The number of hydrogen-bond acceptors (Lipinski definition) is 5. The van der Waals surface area contributed by atoms with E-state index in [9.17, 15) is 19.3 Å². The van der Waals surface area contributed by atoms with Crippen molar-refractivity contribution < 1.29 is 8.78 Å². The molecule has 182 valence electrons. The summed E-state index contributed by atoms with van der Waals surface area (Å²) in [5, 5.41) is 25.7. The zero-order valence-electron chi connectivity index (χ0n) is 20.0. The summed E-state index contributed by atoms with van der Waals surface area (Å²) in [5.41, 5.74) is 3.50. The molecule has 0 fully saturated rings. The largest absolute Gasteiger partial charge is 0.207 e. The number of nitriles is 2. The summed E-state index contributed by atoms with van der Waals surface area (Å²) in [6.07, 6.45) is 3.89. The van der Waals surface area contributed by atoms with E-state index in [1.54, 1.807) is 24.3 Å². The highest BCUT2D eigenvalue weighted by molar-refractivity contribution is 7.26. The SMILES string of the molecule is N#C/N=c1/c2cc(-c3ccc(F)cc3)ccc2c2c1sc1/c(=N/C#N)c3cc(-c4ccc(F)cc4)ccc3c12.